The van der Waals surface area contributed by atoms with Gasteiger partial charge in [0.2, 0.25) is 5.91 Å². The summed E-state index contributed by atoms with van der Waals surface area (Å²) in [6, 6.07) is 2.39. The van der Waals surface area contributed by atoms with Crippen molar-refractivity contribution in [1.29, 1.82) is 0 Å². The van der Waals surface area contributed by atoms with Crippen LogP contribution >= 0.6 is 0 Å². The molecule has 0 aliphatic rings. The molecule has 2 N–H and O–H groups in total. The zero-order valence-corrected chi connectivity index (χ0v) is 7.55. The highest BCUT2D eigenvalue weighted by atomic mass is 19.2. The molecule has 0 aliphatic heterocycles. The summed E-state index contributed by atoms with van der Waals surface area (Å²) in [7, 11) is 0. The van der Waals surface area contributed by atoms with Crippen LogP contribution in [0.1, 0.15) is 11.1 Å². The van der Waals surface area contributed by atoms with E-state index in [0.29, 0.717) is 5.56 Å². The molecular weight excluding hydrogens is 188 g/mol. The van der Waals surface area contributed by atoms with Gasteiger partial charge in [0.15, 0.2) is 11.6 Å². The number of amides is 1. The number of halogens is 2. The lowest BCUT2D eigenvalue weighted by Crippen LogP contribution is -2.05. The molecule has 0 aliphatic carbocycles. The molecule has 1 aromatic carbocycles. The summed E-state index contributed by atoms with van der Waals surface area (Å²) in [5.74, 6) is -2.44. The lowest BCUT2D eigenvalue weighted by atomic mass is 10.1. The molecule has 1 aromatic rings. The van der Waals surface area contributed by atoms with E-state index in [2.05, 4.69) is 0 Å². The molecule has 0 saturated carbocycles. The molecule has 0 radical (unpaired) electrons. The van der Waals surface area contributed by atoms with Gasteiger partial charge in [0.1, 0.15) is 0 Å². The molecule has 0 bridgehead atoms. The predicted octanol–water partition coefficient (Wildman–Crippen LogP) is 1.77. The highest BCUT2D eigenvalue weighted by molar-refractivity contribution is 5.90. The summed E-state index contributed by atoms with van der Waals surface area (Å²) in [6.45, 7) is 1.43. The molecule has 74 valence electrons. The average Bonchev–Trinajstić information content (AvgIpc) is 2.13. The Labute approximate surface area is 80.0 Å². The van der Waals surface area contributed by atoms with E-state index in [-0.39, 0.29) is 5.56 Å². The van der Waals surface area contributed by atoms with Crippen molar-refractivity contribution in [3.63, 3.8) is 0 Å². The second-order valence-corrected chi connectivity index (χ2v) is 2.81. The Bertz CT molecular complexity index is 399. The van der Waals surface area contributed by atoms with Crippen LogP contribution in [0.4, 0.5) is 8.78 Å². The largest absolute Gasteiger partial charge is 0.366 e. The Balaban J connectivity index is 3.12. The van der Waals surface area contributed by atoms with Crippen molar-refractivity contribution in [3.8, 4) is 0 Å². The Morgan fingerprint density at radius 2 is 2.07 bits per heavy atom. The zero-order chi connectivity index (χ0) is 10.7. The van der Waals surface area contributed by atoms with Gasteiger partial charge in [-0.05, 0) is 30.2 Å². The number of nitrogens with two attached hydrogens (primary N) is 1. The summed E-state index contributed by atoms with van der Waals surface area (Å²) in [6.07, 6.45) is 2.44. The fourth-order valence-corrected chi connectivity index (χ4v) is 1.02. The predicted molar refractivity (Wildman–Crippen MR) is 49.3 cm³/mol. The van der Waals surface area contributed by atoms with Crippen LogP contribution in [-0.4, -0.2) is 5.91 Å². The van der Waals surface area contributed by atoms with Crippen molar-refractivity contribution in [1.82, 2.24) is 0 Å². The molecule has 0 aromatic heterocycles. The molecule has 14 heavy (non-hydrogen) atoms. The van der Waals surface area contributed by atoms with Gasteiger partial charge in [0.05, 0.1) is 0 Å². The van der Waals surface area contributed by atoms with E-state index >= 15 is 0 Å². The maximum Gasteiger partial charge on any atom is 0.241 e. The minimum Gasteiger partial charge on any atom is -0.366 e. The fourth-order valence-electron chi connectivity index (χ4n) is 1.02. The van der Waals surface area contributed by atoms with Gasteiger partial charge in [-0.2, -0.15) is 0 Å². The van der Waals surface area contributed by atoms with Crippen molar-refractivity contribution < 1.29 is 13.6 Å². The first kappa shape index (κ1) is 10.4. The van der Waals surface area contributed by atoms with Crippen molar-refractivity contribution in [3.05, 3.63) is 41.0 Å². The molecule has 1 amide bonds. The van der Waals surface area contributed by atoms with E-state index in [1.54, 1.807) is 0 Å². The van der Waals surface area contributed by atoms with E-state index in [0.717, 1.165) is 12.1 Å². The number of hydrogen-bond donors (Lipinski definition) is 1. The monoisotopic (exact) mass is 197 g/mol. The van der Waals surface area contributed by atoms with Gasteiger partial charge in [-0.15, -0.1) is 0 Å². The smallest absolute Gasteiger partial charge is 0.241 e. The first-order valence-electron chi connectivity index (χ1n) is 3.94. The maximum atomic E-state index is 13.0. The number of rotatable bonds is 2. The maximum absolute atomic E-state index is 13.0. The van der Waals surface area contributed by atoms with Crippen LogP contribution in [0.3, 0.4) is 0 Å². The van der Waals surface area contributed by atoms with Crippen LogP contribution in [0.25, 0.3) is 6.08 Å². The summed E-state index contributed by atoms with van der Waals surface area (Å²) in [5.41, 5.74) is 5.45. The van der Waals surface area contributed by atoms with E-state index in [4.69, 9.17) is 5.73 Å². The van der Waals surface area contributed by atoms with Gasteiger partial charge in [-0.1, -0.05) is 6.07 Å². The zero-order valence-electron chi connectivity index (χ0n) is 7.55. The number of primary amides is 1. The molecule has 0 atom stereocenters. The molecule has 1 rings (SSSR count). The molecule has 0 fully saturated rings. The van der Waals surface area contributed by atoms with Gasteiger partial charge in [-0.3, -0.25) is 4.79 Å². The van der Waals surface area contributed by atoms with E-state index in [9.17, 15) is 13.6 Å². The number of carbonyl (C=O) groups excluding carboxylic acids is 1. The third-order valence-corrected chi connectivity index (χ3v) is 1.81. The minimum atomic E-state index is -0.906. The molecule has 0 spiro atoms. The fraction of sp³-hybridized carbons (Fsp3) is 0.100. The lowest BCUT2D eigenvalue weighted by molar-refractivity contribution is -0.113. The Kier molecular flexibility index (Phi) is 2.96. The van der Waals surface area contributed by atoms with Crippen LogP contribution in [0, 0.1) is 18.6 Å². The summed E-state index contributed by atoms with van der Waals surface area (Å²) in [4.78, 5) is 10.4. The highest BCUT2D eigenvalue weighted by Gasteiger charge is 2.07. The van der Waals surface area contributed by atoms with Crippen LogP contribution in [0.2, 0.25) is 0 Å². The molecule has 0 unspecified atom stereocenters. The van der Waals surface area contributed by atoms with Crippen molar-refractivity contribution >= 4 is 12.0 Å². The second-order valence-electron chi connectivity index (χ2n) is 2.81. The van der Waals surface area contributed by atoms with Crippen molar-refractivity contribution in [2.75, 3.05) is 0 Å². The van der Waals surface area contributed by atoms with Crippen molar-refractivity contribution in [2.24, 2.45) is 5.73 Å². The summed E-state index contributed by atoms with van der Waals surface area (Å²) in [5, 5.41) is 0. The molecular formula is C10H9F2NO. The molecule has 2 nitrogen and oxygen atoms in total. The van der Waals surface area contributed by atoms with Crippen LogP contribution in [0.15, 0.2) is 18.2 Å². The van der Waals surface area contributed by atoms with Gasteiger partial charge < -0.3 is 5.73 Å². The first-order valence-corrected chi connectivity index (χ1v) is 3.94. The topological polar surface area (TPSA) is 43.1 Å². The highest BCUT2D eigenvalue weighted by Crippen LogP contribution is 2.16. The number of benzene rings is 1. The van der Waals surface area contributed by atoms with Gasteiger partial charge in [-0.25, -0.2) is 8.78 Å². The second kappa shape index (κ2) is 4.00. The minimum absolute atomic E-state index is 0.155. The molecule has 4 heteroatoms. The van der Waals surface area contributed by atoms with Crippen molar-refractivity contribution in [2.45, 2.75) is 6.92 Å². The van der Waals surface area contributed by atoms with Crippen LogP contribution < -0.4 is 5.73 Å². The van der Waals surface area contributed by atoms with Crippen LogP contribution in [-0.2, 0) is 4.79 Å². The Morgan fingerprint density at radius 3 is 2.64 bits per heavy atom. The summed E-state index contributed by atoms with van der Waals surface area (Å²) >= 11 is 0. The number of hydrogen-bond acceptors (Lipinski definition) is 1. The normalized spacial score (nSPS) is 10.8. The average molecular weight is 197 g/mol. The standard InChI is InChI=1S/C10H9F2NO/c1-6-7(3-5-9(13)14)2-4-8(11)10(6)12/h2-5H,1H3,(H2,13,14)/b5-3-. The molecule has 0 heterocycles. The van der Waals surface area contributed by atoms with Crippen LogP contribution in [0.5, 0.6) is 0 Å². The van der Waals surface area contributed by atoms with E-state index < -0.39 is 17.5 Å². The third-order valence-electron chi connectivity index (χ3n) is 1.81. The van der Waals surface area contributed by atoms with E-state index in [1.807, 2.05) is 0 Å². The van der Waals surface area contributed by atoms with Gasteiger partial charge in [0.25, 0.3) is 0 Å². The number of carbonyl (C=O) groups is 1. The third kappa shape index (κ3) is 2.16. The van der Waals surface area contributed by atoms with Gasteiger partial charge >= 0.3 is 0 Å². The first-order chi connectivity index (χ1) is 6.52. The summed E-state index contributed by atoms with van der Waals surface area (Å²) < 4.78 is 25.7. The lowest BCUT2D eigenvalue weighted by Gasteiger charge is -2.01. The van der Waals surface area contributed by atoms with E-state index in [1.165, 1.54) is 19.1 Å². The Morgan fingerprint density at radius 1 is 1.43 bits per heavy atom. The quantitative estimate of drug-likeness (QED) is 0.721. The molecule has 0 saturated heterocycles. The van der Waals surface area contributed by atoms with Gasteiger partial charge in [0, 0.05) is 6.08 Å². The Hall–Kier alpha value is -1.71. The SMILES string of the molecule is Cc1c(/C=C\C(N)=O)ccc(F)c1F.